The van der Waals surface area contributed by atoms with Crippen molar-refractivity contribution in [2.75, 3.05) is 6.54 Å². The Morgan fingerprint density at radius 3 is 2.80 bits per heavy atom. The van der Waals surface area contributed by atoms with E-state index >= 15 is 0 Å². The van der Waals surface area contributed by atoms with E-state index in [1.807, 2.05) is 13.0 Å². The maximum atomic E-state index is 13.6. The molecule has 106 valence electrons. The molecular weight excluding hydrogens is 345 g/mol. The van der Waals surface area contributed by atoms with Gasteiger partial charge in [-0.25, -0.2) is 4.39 Å². The highest BCUT2D eigenvalue weighted by Gasteiger charge is 2.07. The number of ether oxygens (including phenoxy) is 1. The molecule has 0 bridgehead atoms. The lowest BCUT2D eigenvalue weighted by Crippen LogP contribution is -2.11. The Morgan fingerprint density at radius 2 is 2.05 bits per heavy atom. The van der Waals surface area contributed by atoms with Crippen LogP contribution >= 0.6 is 27.5 Å². The molecule has 2 aromatic carbocycles. The van der Waals surface area contributed by atoms with E-state index in [4.69, 9.17) is 16.3 Å². The summed E-state index contributed by atoms with van der Waals surface area (Å²) in [4.78, 5) is 0. The second-order valence-corrected chi connectivity index (χ2v) is 5.58. The molecule has 0 fully saturated rings. The minimum atomic E-state index is -0.332. The average molecular weight is 359 g/mol. The van der Waals surface area contributed by atoms with E-state index in [2.05, 4.69) is 21.2 Å². The maximum absolute atomic E-state index is 13.6. The van der Waals surface area contributed by atoms with E-state index < -0.39 is 0 Å². The SMILES string of the molecule is CCNCc1cc(F)cc(Oc2cc(Br)ccc2Cl)c1. The fourth-order valence-corrected chi connectivity index (χ4v) is 2.23. The Bertz CT molecular complexity index is 606. The van der Waals surface area contributed by atoms with Crippen LogP contribution in [0.3, 0.4) is 0 Å². The molecule has 0 unspecified atom stereocenters. The van der Waals surface area contributed by atoms with Crippen LogP contribution in [-0.4, -0.2) is 6.54 Å². The zero-order valence-corrected chi connectivity index (χ0v) is 13.3. The van der Waals surface area contributed by atoms with Crippen molar-refractivity contribution in [2.24, 2.45) is 0 Å². The second kappa shape index (κ2) is 7.07. The topological polar surface area (TPSA) is 21.3 Å². The molecule has 0 saturated heterocycles. The molecule has 5 heteroatoms. The molecule has 0 spiro atoms. The van der Waals surface area contributed by atoms with Crippen LogP contribution < -0.4 is 10.1 Å². The quantitative estimate of drug-likeness (QED) is 0.798. The van der Waals surface area contributed by atoms with Gasteiger partial charge in [0.05, 0.1) is 5.02 Å². The van der Waals surface area contributed by atoms with Crippen LogP contribution in [-0.2, 0) is 6.54 Å². The first kappa shape index (κ1) is 15.3. The predicted octanol–water partition coefficient (Wildman–Crippen LogP) is 5.14. The van der Waals surface area contributed by atoms with E-state index in [1.54, 1.807) is 18.2 Å². The van der Waals surface area contributed by atoms with Crippen molar-refractivity contribution in [3.63, 3.8) is 0 Å². The van der Waals surface area contributed by atoms with Crippen LogP contribution in [0.4, 0.5) is 4.39 Å². The Morgan fingerprint density at radius 1 is 1.25 bits per heavy atom. The summed E-state index contributed by atoms with van der Waals surface area (Å²) in [6.45, 7) is 3.42. The summed E-state index contributed by atoms with van der Waals surface area (Å²) in [7, 11) is 0. The van der Waals surface area contributed by atoms with E-state index in [9.17, 15) is 4.39 Å². The molecular formula is C15H14BrClFNO. The molecule has 20 heavy (non-hydrogen) atoms. The molecule has 0 amide bonds. The maximum Gasteiger partial charge on any atom is 0.147 e. The highest BCUT2D eigenvalue weighted by Crippen LogP contribution is 2.32. The molecule has 2 nitrogen and oxygen atoms in total. The van der Waals surface area contributed by atoms with Crippen LogP contribution in [0.1, 0.15) is 12.5 Å². The number of benzene rings is 2. The van der Waals surface area contributed by atoms with Gasteiger partial charge in [-0.05, 0) is 42.4 Å². The lowest BCUT2D eigenvalue weighted by atomic mass is 10.2. The number of nitrogens with one attached hydrogen (secondary N) is 1. The highest BCUT2D eigenvalue weighted by molar-refractivity contribution is 9.10. The third-order valence-corrected chi connectivity index (χ3v) is 3.44. The average Bonchev–Trinajstić information content (AvgIpc) is 2.40. The third kappa shape index (κ3) is 4.20. The smallest absolute Gasteiger partial charge is 0.147 e. The summed E-state index contributed by atoms with van der Waals surface area (Å²) in [5.74, 6) is 0.584. The van der Waals surface area contributed by atoms with Crippen molar-refractivity contribution < 1.29 is 9.13 Å². The van der Waals surface area contributed by atoms with Gasteiger partial charge >= 0.3 is 0 Å². The lowest BCUT2D eigenvalue weighted by Gasteiger charge is -2.10. The van der Waals surface area contributed by atoms with Crippen molar-refractivity contribution in [1.82, 2.24) is 5.32 Å². The summed E-state index contributed by atoms with van der Waals surface area (Å²) in [6, 6.07) is 9.90. The molecule has 0 atom stereocenters. The zero-order chi connectivity index (χ0) is 14.5. The summed E-state index contributed by atoms with van der Waals surface area (Å²) < 4.78 is 20.1. The molecule has 0 aliphatic carbocycles. The molecule has 0 aromatic heterocycles. The summed E-state index contributed by atoms with van der Waals surface area (Å²) in [5, 5.41) is 3.63. The van der Waals surface area contributed by atoms with Gasteiger partial charge in [0.2, 0.25) is 0 Å². The third-order valence-electron chi connectivity index (χ3n) is 2.63. The van der Waals surface area contributed by atoms with Crippen LogP contribution in [0, 0.1) is 5.82 Å². The summed E-state index contributed by atoms with van der Waals surface area (Å²) in [5.41, 5.74) is 0.827. The number of halogens is 3. The van der Waals surface area contributed by atoms with Gasteiger partial charge in [0.15, 0.2) is 0 Å². The zero-order valence-electron chi connectivity index (χ0n) is 10.9. The first-order valence-corrected chi connectivity index (χ1v) is 7.38. The molecule has 2 aromatic rings. The molecule has 0 radical (unpaired) electrons. The largest absolute Gasteiger partial charge is 0.456 e. The summed E-state index contributed by atoms with van der Waals surface area (Å²) in [6.07, 6.45) is 0. The fraction of sp³-hybridized carbons (Fsp3) is 0.200. The van der Waals surface area contributed by atoms with Gasteiger partial charge in [-0.1, -0.05) is 34.5 Å². The van der Waals surface area contributed by atoms with Crippen LogP contribution in [0.2, 0.25) is 5.02 Å². The minimum absolute atomic E-state index is 0.332. The van der Waals surface area contributed by atoms with Gasteiger partial charge in [0, 0.05) is 17.1 Å². The van der Waals surface area contributed by atoms with E-state index in [-0.39, 0.29) is 5.82 Å². The van der Waals surface area contributed by atoms with Crippen LogP contribution in [0.5, 0.6) is 11.5 Å². The van der Waals surface area contributed by atoms with Crippen LogP contribution in [0.15, 0.2) is 40.9 Å². The standard InChI is InChI=1S/C15H14BrClFNO/c1-2-19-9-10-5-12(18)8-13(6-10)20-15-7-11(16)3-4-14(15)17/h3-8,19H,2,9H2,1H3. The Hall–Kier alpha value is -1.10. The highest BCUT2D eigenvalue weighted by atomic mass is 79.9. The lowest BCUT2D eigenvalue weighted by molar-refractivity contribution is 0.475. The number of rotatable bonds is 5. The normalized spacial score (nSPS) is 10.6. The molecule has 0 saturated carbocycles. The van der Waals surface area contributed by atoms with Gasteiger partial charge in [0.25, 0.3) is 0 Å². The molecule has 0 aliphatic rings. The number of hydrogen-bond acceptors (Lipinski definition) is 2. The van der Waals surface area contributed by atoms with Gasteiger partial charge < -0.3 is 10.1 Å². The van der Waals surface area contributed by atoms with E-state index in [0.717, 1.165) is 16.6 Å². The fourth-order valence-electron chi connectivity index (χ4n) is 1.73. The molecule has 0 aliphatic heterocycles. The Labute approximate surface area is 131 Å². The Kier molecular flexibility index (Phi) is 5.40. The van der Waals surface area contributed by atoms with Crippen molar-refractivity contribution in [2.45, 2.75) is 13.5 Å². The first-order chi connectivity index (χ1) is 9.58. The van der Waals surface area contributed by atoms with Crippen molar-refractivity contribution in [3.05, 3.63) is 57.3 Å². The Balaban J connectivity index is 2.24. The second-order valence-electron chi connectivity index (χ2n) is 4.25. The van der Waals surface area contributed by atoms with Crippen LogP contribution in [0.25, 0.3) is 0 Å². The predicted molar refractivity (Wildman–Crippen MR) is 83.0 cm³/mol. The van der Waals surface area contributed by atoms with Crippen molar-refractivity contribution in [3.8, 4) is 11.5 Å². The van der Waals surface area contributed by atoms with E-state index in [1.165, 1.54) is 12.1 Å². The van der Waals surface area contributed by atoms with Gasteiger partial charge in [0.1, 0.15) is 17.3 Å². The van der Waals surface area contributed by atoms with Gasteiger partial charge in [-0.3, -0.25) is 0 Å². The van der Waals surface area contributed by atoms with Crippen molar-refractivity contribution >= 4 is 27.5 Å². The first-order valence-electron chi connectivity index (χ1n) is 6.21. The van der Waals surface area contributed by atoms with Gasteiger partial charge in [-0.2, -0.15) is 0 Å². The minimum Gasteiger partial charge on any atom is -0.456 e. The molecule has 1 N–H and O–H groups in total. The van der Waals surface area contributed by atoms with E-state index in [0.29, 0.717) is 23.1 Å². The molecule has 0 heterocycles. The molecule has 2 rings (SSSR count). The van der Waals surface area contributed by atoms with Gasteiger partial charge in [-0.15, -0.1) is 0 Å². The summed E-state index contributed by atoms with van der Waals surface area (Å²) >= 11 is 9.41. The monoisotopic (exact) mass is 357 g/mol. The van der Waals surface area contributed by atoms with Crippen molar-refractivity contribution in [1.29, 1.82) is 0 Å². The number of hydrogen-bond donors (Lipinski definition) is 1.